The summed E-state index contributed by atoms with van der Waals surface area (Å²) in [6.07, 6.45) is 1.74. The first-order valence-corrected chi connectivity index (χ1v) is 8.03. The molecule has 0 radical (unpaired) electrons. The van der Waals surface area contributed by atoms with Crippen LogP contribution in [0.2, 0.25) is 0 Å². The van der Waals surface area contributed by atoms with Crippen molar-refractivity contribution in [2.24, 2.45) is 5.14 Å². The van der Waals surface area contributed by atoms with Gasteiger partial charge in [0, 0.05) is 18.4 Å². The van der Waals surface area contributed by atoms with E-state index in [1.807, 2.05) is 30.0 Å². The predicted molar refractivity (Wildman–Crippen MR) is 83.2 cm³/mol. The molecule has 0 atom stereocenters. The number of nitrogen functional groups attached to an aromatic ring is 1. The maximum Gasteiger partial charge on any atom is 0.240 e. The molecule has 0 bridgehead atoms. The molecular weight excluding hydrogens is 288 g/mol. The van der Waals surface area contributed by atoms with Crippen molar-refractivity contribution in [3.63, 3.8) is 0 Å². The Hall–Kier alpha value is -2.12. The van der Waals surface area contributed by atoms with Crippen LogP contribution in [0, 0.1) is 0 Å². The summed E-state index contributed by atoms with van der Waals surface area (Å²) in [5.74, 6) is 0. The van der Waals surface area contributed by atoms with Gasteiger partial charge < -0.3 is 10.6 Å². The van der Waals surface area contributed by atoms with Crippen molar-refractivity contribution in [3.05, 3.63) is 48.3 Å². The number of pyridine rings is 1. The van der Waals surface area contributed by atoms with Gasteiger partial charge in [0.1, 0.15) is 4.90 Å². The maximum absolute atomic E-state index is 11.4. The van der Waals surface area contributed by atoms with Gasteiger partial charge in [0.2, 0.25) is 10.0 Å². The Morgan fingerprint density at radius 3 is 2.52 bits per heavy atom. The minimum absolute atomic E-state index is 0.0554. The first-order valence-electron chi connectivity index (χ1n) is 6.49. The second kappa shape index (κ2) is 6.11. The van der Waals surface area contributed by atoms with Gasteiger partial charge in [-0.1, -0.05) is 6.07 Å². The molecule has 2 aromatic rings. The molecule has 1 aromatic carbocycles. The van der Waals surface area contributed by atoms with Crippen LogP contribution in [0.25, 0.3) is 0 Å². The highest BCUT2D eigenvalue weighted by Crippen LogP contribution is 2.25. The van der Waals surface area contributed by atoms with E-state index in [-0.39, 0.29) is 10.6 Å². The third kappa shape index (κ3) is 3.71. The first kappa shape index (κ1) is 15.3. The van der Waals surface area contributed by atoms with Crippen molar-refractivity contribution in [3.8, 4) is 0 Å². The summed E-state index contributed by atoms with van der Waals surface area (Å²) in [4.78, 5) is 6.27. The highest BCUT2D eigenvalue weighted by molar-refractivity contribution is 7.89. The molecule has 0 saturated carbocycles. The van der Waals surface area contributed by atoms with Gasteiger partial charge in [-0.3, -0.25) is 4.98 Å². The molecule has 4 N–H and O–H groups in total. The summed E-state index contributed by atoms with van der Waals surface area (Å²) in [5.41, 5.74) is 7.69. The summed E-state index contributed by atoms with van der Waals surface area (Å²) < 4.78 is 22.7. The van der Waals surface area contributed by atoms with E-state index < -0.39 is 10.0 Å². The van der Waals surface area contributed by atoms with Crippen molar-refractivity contribution in [2.75, 3.05) is 17.2 Å². The third-order valence-electron chi connectivity index (χ3n) is 3.13. The van der Waals surface area contributed by atoms with Crippen LogP contribution in [0.15, 0.2) is 47.5 Å². The second-order valence-corrected chi connectivity index (χ2v) is 6.13. The lowest BCUT2D eigenvalue weighted by molar-refractivity contribution is 0.598. The Bertz CT molecular complexity index is 717. The van der Waals surface area contributed by atoms with Crippen molar-refractivity contribution in [2.45, 2.75) is 18.4 Å². The highest BCUT2D eigenvalue weighted by Gasteiger charge is 2.14. The molecule has 0 fully saturated rings. The number of benzene rings is 1. The van der Waals surface area contributed by atoms with Crippen molar-refractivity contribution >= 4 is 21.4 Å². The zero-order valence-corrected chi connectivity index (χ0v) is 12.5. The number of sulfonamides is 1. The van der Waals surface area contributed by atoms with E-state index in [4.69, 9.17) is 10.9 Å². The van der Waals surface area contributed by atoms with Gasteiger partial charge in [-0.05, 0) is 37.3 Å². The third-order valence-corrected chi connectivity index (χ3v) is 4.11. The fourth-order valence-electron chi connectivity index (χ4n) is 2.06. The van der Waals surface area contributed by atoms with Crippen LogP contribution in [0.3, 0.4) is 0 Å². The molecule has 0 aliphatic carbocycles. The topological polar surface area (TPSA) is 102 Å². The summed E-state index contributed by atoms with van der Waals surface area (Å²) >= 11 is 0. The lowest BCUT2D eigenvalue weighted by Crippen LogP contribution is -2.23. The fraction of sp³-hybridized carbons (Fsp3) is 0.214. The van der Waals surface area contributed by atoms with Crippen LogP contribution < -0.4 is 15.8 Å². The Morgan fingerprint density at radius 2 is 2.00 bits per heavy atom. The number of aromatic nitrogens is 1. The quantitative estimate of drug-likeness (QED) is 0.811. The second-order valence-electron chi connectivity index (χ2n) is 4.60. The maximum atomic E-state index is 11.4. The van der Waals surface area contributed by atoms with Crippen molar-refractivity contribution in [1.82, 2.24) is 4.98 Å². The number of hydrogen-bond acceptors (Lipinski definition) is 5. The molecule has 0 spiro atoms. The number of rotatable bonds is 5. The van der Waals surface area contributed by atoms with E-state index >= 15 is 0 Å². The van der Waals surface area contributed by atoms with Crippen molar-refractivity contribution in [1.29, 1.82) is 0 Å². The smallest absolute Gasteiger partial charge is 0.240 e. The van der Waals surface area contributed by atoms with Gasteiger partial charge in [-0.2, -0.15) is 0 Å². The van der Waals surface area contributed by atoms with E-state index in [0.717, 1.165) is 17.9 Å². The normalized spacial score (nSPS) is 11.3. The van der Waals surface area contributed by atoms with Crippen LogP contribution in [0.5, 0.6) is 0 Å². The van der Waals surface area contributed by atoms with Gasteiger partial charge in [0.25, 0.3) is 0 Å². The van der Waals surface area contributed by atoms with Gasteiger partial charge in [-0.25, -0.2) is 13.6 Å². The molecule has 21 heavy (non-hydrogen) atoms. The summed E-state index contributed by atoms with van der Waals surface area (Å²) in [7, 11) is -3.80. The van der Waals surface area contributed by atoms with E-state index in [2.05, 4.69) is 4.98 Å². The number of primary sulfonamides is 1. The van der Waals surface area contributed by atoms with Gasteiger partial charge in [0.15, 0.2) is 0 Å². The number of anilines is 2. The Kier molecular flexibility index (Phi) is 4.44. The molecule has 2 rings (SSSR count). The molecule has 0 saturated heterocycles. The van der Waals surface area contributed by atoms with Gasteiger partial charge >= 0.3 is 0 Å². The minimum atomic E-state index is -3.80. The highest BCUT2D eigenvalue weighted by atomic mass is 32.2. The molecular formula is C14H18N4O2S. The Balaban J connectivity index is 2.29. The van der Waals surface area contributed by atoms with E-state index in [9.17, 15) is 8.42 Å². The number of hydrogen-bond donors (Lipinski definition) is 2. The van der Waals surface area contributed by atoms with E-state index in [0.29, 0.717) is 6.54 Å². The predicted octanol–water partition coefficient (Wildman–Crippen LogP) is 1.34. The minimum Gasteiger partial charge on any atom is -0.398 e. The Morgan fingerprint density at radius 1 is 1.24 bits per heavy atom. The molecule has 0 aliphatic rings. The SMILES string of the molecule is CCN(Cc1ccccn1)c1ccc(S(N)(=O)=O)c(N)c1. The number of nitrogens with two attached hydrogens (primary N) is 2. The number of nitrogens with zero attached hydrogens (tertiary/aromatic N) is 2. The zero-order valence-electron chi connectivity index (χ0n) is 11.7. The van der Waals surface area contributed by atoms with Crippen LogP contribution >= 0.6 is 0 Å². The molecule has 1 heterocycles. The molecule has 0 amide bonds. The average molecular weight is 306 g/mol. The molecule has 6 nitrogen and oxygen atoms in total. The largest absolute Gasteiger partial charge is 0.398 e. The lowest BCUT2D eigenvalue weighted by Gasteiger charge is -2.23. The van der Waals surface area contributed by atoms with Crippen LogP contribution in [0.1, 0.15) is 12.6 Å². The van der Waals surface area contributed by atoms with E-state index in [1.54, 1.807) is 18.3 Å². The van der Waals surface area contributed by atoms with Crippen LogP contribution in [-0.4, -0.2) is 19.9 Å². The molecule has 1 aromatic heterocycles. The standard InChI is InChI=1S/C14H18N4O2S/c1-2-18(10-11-5-3-4-8-17-11)12-6-7-14(13(15)9-12)21(16,19)20/h3-9H,2,10,15H2,1H3,(H2,16,19,20). The monoisotopic (exact) mass is 306 g/mol. The molecule has 0 unspecified atom stereocenters. The summed E-state index contributed by atoms with van der Waals surface area (Å²) in [6, 6.07) is 10.5. The lowest BCUT2D eigenvalue weighted by atomic mass is 10.2. The Labute approximate surface area is 124 Å². The summed E-state index contributed by atoms with van der Waals surface area (Å²) in [6.45, 7) is 3.36. The molecule has 112 valence electrons. The van der Waals surface area contributed by atoms with Gasteiger partial charge in [0.05, 0.1) is 17.9 Å². The van der Waals surface area contributed by atoms with Crippen LogP contribution in [0.4, 0.5) is 11.4 Å². The van der Waals surface area contributed by atoms with Crippen LogP contribution in [-0.2, 0) is 16.6 Å². The fourth-order valence-corrected chi connectivity index (χ4v) is 2.71. The average Bonchev–Trinajstić information content (AvgIpc) is 2.44. The molecule has 0 aliphatic heterocycles. The zero-order chi connectivity index (χ0) is 15.5. The van der Waals surface area contributed by atoms with Gasteiger partial charge in [-0.15, -0.1) is 0 Å². The molecule has 7 heteroatoms. The van der Waals surface area contributed by atoms with Crippen molar-refractivity contribution < 1.29 is 8.42 Å². The first-order chi connectivity index (χ1) is 9.91. The summed E-state index contributed by atoms with van der Waals surface area (Å²) in [5, 5.41) is 5.11. The van der Waals surface area contributed by atoms with E-state index in [1.165, 1.54) is 6.07 Å².